The molecule has 0 aliphatic carbocycles. The minimum Gasteiger partial charge on any atom is -0.385 e. The number of anilines is 1. The van der Waals surface area contributed by atoms with Gasteiger partial charge in [-0.1, -0.05) is 23.7 Å². The molecule has 0 bridgehead atoms. The molecule has 0 radical (unpaired) electrons. The van der Waals surface area contributed by atoms with Gasteiger partial charge in [-0.15, -0.1) is 24.0 Å². The first-order valence-electron chi connectivity index (χ1n) is 7.70. The second kappa shape index (κ2) is 10.9. The Hall–Kier alpha value is -0.730. The van der Waals surface area contributed by atoms with Crippen LogP contribution in [0.15, 0.2) is 29.3 Å². The molecule has 23 heavy (non-hydrogen) atoms. The first-order chi connectivity index (χ1) is 10.8. The first kappa shape index (κ1) is 20.3. The Kier molecular flexibility index (Phi) is 9.66. The molecule has 1 fully saturated rings. The number of para-hydroxylation sites is 1. The van der Waals surface area contributed by atoms with Gasteiger partial charge in [0.1, 0.15) is 0 Å². The highest BCUT2D eigenvalue weighted by Gasteiger charge is 2.20. The Morgan fingerprint density at radius 3 is 2.57 bits per heavy atom. The number of rotatable bonds is 5. The predicted molar refractivity (Wildman–Crippen MR) is 109 cm³/mol. The summed E-state index contributed by atoms with van der Waals surface area (Å²) in [6.07, 6.45) is 0.981. The summed E-state index contributed by atoms with van der Waals surface area (Å²) < 4.78 is 5.06. The zero-order chi connectivity index (χ0) is 15.8. The number of halogens is 2. The maximum absolute atomic E-state index is 6.28. The van der Waals surface area contributed by atoms with Gasteiger partial charge in [-0.2, -0.15) is 0 Å². The number of benzene rings is 1. The lowest BCUT2D eigenvalue weighted by Gasteiger charge is -2.38. The molecule has 0 aromatic heterocycles. The summed E-state index contributed by atoms with van der Waals surface area (Å²) in [5.41, 5.74) is 1.12. The summed E-state index contributed by atoms with van der Waals surface area (Å²) in [7, 11) is 3.56. The molecule has 2 rings (SSSR count). The smallest absolute Gasteiger partial charge is 0.193 e. The monoisotopic (exact) mass is 452 g/mol. The lowest BCUT2D eigenvalue weighted by atomic mass is 10.2. The minimum atomic E-state index is 0. The third-order valence-electron chi connectivity index (χ3n) is 3.79. The maximum Gasteiger partial charge on any atom is 0.193 e. The molecular formula is C16H26ClIN4O. The van der Waals surface area contributed by atoms with Crippen LogP contribution in [0.5, 0.6) is 0 Å². The highest BCUT2D eigenvalue weighted by Crippen LogP contribution is 2.25. The van der Waals surface area contributed by atoms with Crippen molar-refractivity contribution in [3.8, 4) is 0 Å². The van der Waals surface area contributed by atoms with E-state index in [9.17, 15) is 0 Å². The average molecular weight is 453 g/mol. The van der Waals surface area contributed by atoms with Crippen LogP contribution in [0.3, 0.4) is 0 Å². The highest BCUT2D eigenvalue weighted by molar-refractivity contribution is 14.0. The third-order valence-corrected chi connectivity index (χ3v) is 4.11. The second-order valence-corrected chi connectivity index (χ2v) is 5.65. The molecule has 5 nitrogen and oxygen atoms in total. The molecule has 0 unspecified atom stereocenters. The fourth-order valence-corrected chi connectivity index (χ4v) is 2.87. The summed E-state index contributed by atoms with van der Waals surface area (Å²) >= 11 is 6.28. The first-order valence-corrected chi connectivity index (χ1v) is 8.08. The number of ether oxygens (including phenoxy) is 1. The summed E-state index contributed by atoms with van der Waals surface area (Å²) in [4.78, 5) is 8.99. The Labute approximate surface area is 161 Å². The average Bonchev–Trinajstić information content (AvgIpc) is 2.56. The van der Waals surface area contributed by atoms with Crippen LogP contribution in [0, 0.1) is 0 Å². The van der Waals surface area contributed by atoms with Gasteiger partial charge < -0.3 is 19.9 Å². The van der Waals surface area contributed by atoms with Gasteiger partial charge in [-0.25, -0.2) is 0 Å². The lowest BCUT2D eigenvalue weighted by Crippen LogP contribution is -2.52. The van der Waals surface area contributed by atoms with Crippen LogP contribution in [0.4, 0.5) is 5.69 Å². The van der Waals surface area contributed by atoms with Gasteiger partial charge in [-0.05, 0) is 18.6 Å². The van der Waals surface area contributed by atoms with E-state index < -0.39 is 0 Å². The van der Waals surface area contributed by atoms with Crippen molar-refractivity contribution in [3.05, 3.63) is 29.3 Å². The fraction of sp³-hybridized carbons (Fsp3) is 0.562. The number of hydrogen-bond donors (Lipinski definition) is 1. The summed E-state index contributed by atoms with van der Waals surface area (Å²) in [5, 5.41) is 4.21. The molecule has 1 aliphatic rings. The number of methoxy groups -OCH3 is 1. The largest absolute Gasteiger partial charge is 0.385 e. The zero-order valence-electron chi connectivity index (χ0n) is 13.8. The highest BCUT2D eigenvalue weighted by atomic mass is 127. The van der Waals surface area contributed by atoms with E-state index in [2.05, 4.69) is 26.2 Å². The molecule has 1 N–H and O–H groups in total. The zero-order valence-corrected chi connectivity index (χ0v) is 16.9. The number of nitrogens with one attached hydrogen (secondary N) is 1. The SMILES string of the molecule is CN=C(NCCCOC)N1CCN(c2ccccc2Cl)CC1.I. The molecule has 1 heterocycles. The van der Waals surface area contributed by atoms with Gasteiger partial charge in [0.15, 0.2) is 5.96 Å². The standard InChI is InChI=1S/C16H25ClN4O.HI/c1-18-16(19-8-5-13-22-2)21-11-9-20(10-12-21)15-7-4-3-6-14(15)17;/h3-4,6-7H,5,8-13H2,1-2H3,(H,18,19);1H. The van der Waals surface area contributed by atoms with Gasteiger partial charge in [0.25, 0.3) is 0 Å². The lowest BCUT2D eigenvalue weighted by molar-refractivity contribution is 0.195. The van der Waals surface area contributed by atoms with Gasteiger partial charge in [0.2, 0.25) is 0 Å². The summed E-state index contributed by atoms with van der Waals surface area (Å²) in [5.74, 6) is 0.968. The van der Waals surface area contributed by atoms with Crippen LogP contribution in [0.1, 0.15) is 6.42 Å². The molecule has 0 spiro atoms. The maximum atomic E-state index is 6.28. The Morgan fingerprint density at radius 1 is 1.26 bits per heavy atom. The van der Waals surface area contributed by atoms with E-state index in [1.165, 1.54) is 0 Å². The van der Waals surface area contributed by atoms with E-state index in [0.717, 1.165) is 62.4 Å². The molecule has 7 heteroatoms. The molecule has 0 saturated carbocycles. The van der Waals surface area contributed by atoms with Crippen LogP contribution < -0.4 is 10.2 Å². The normalized spacial score (nSPS) is 15.3. The van der Waals surface area contributed by atoms with E-state index in [1.54, 1.807) is 7.11 Å². The third kappa shape index (κ3) is 6.00. The van der Waals surface area contributed by atoms with Crippen molar-refractivity contribution in [2.45, 2.75) is 6.42 Å². The number of guanidine groups is 1. The van der Waals surface area contributed by atoms with Crippen molar-refractivity contribution < 1.29 is 4.74 Å². The van der Waals surface area contributed by atoms with Crippen molar-refractivity contribution in [2.75, 3.05) is 58.4 Å². The van der Waals surface area contributed by atoms with E-state index in [-0.39, 0.29) is 24.0 Å². The van der Waals surface area contributed by atoms with Crippen molar-refractivity contribution >= 4 is 47.2 Å². The Balaban J connectivity index is 0.00000264. The molecule has 0 atom stereocenters. The Morgan fingerprint density at radius 2 is 1.96 bits per heavy atom. The minimum absolute atomic E-state index is 0. The molecule has 1 aliphatic heterocycles. The number of piperazine rings is 1. The number of aliphatic imine (C=N–C) groups is 1. The van der Waals surface area contributed by atoms with Crippen LogP contribution >= 0.6 is 35.6 Å². The summed E-state index contributed by atoms with van der Waals surface area (Å²) in [6, 6.07) is 8.02. The van der Waals surface area contributed by atoms with E-state index >= 15 is 0 Å². The second-order valence-electron chi connectivity index (χ2n) is 5.25. The topological polar surface area (TPSA) is 40.1 Å². The Bertz CT molecular complexity index is 493. The van der Waals surface area contributed by atoms with Gasteiger partial charge in [0, 0.05) is 53.5 Å². The van der Waals surface area contributed by atoms with E-state index in [0.29, 0.717) is 0 Å². The van der Waals surface area contributed by atoms with Crippen LogP contribution in [-0.2, 0) is 4.74 Å². The van der Waals surface area contributed by atoms with Gasteiger partial charge in [0.05, 0.1) is 10.7 Å². The van der Waals surface area contributed by atoms with Crippen molar-refractivity contribution in [1.82, 2.24) is 10.2 Å². The van der Waals surface area contributed by atoms with Crippen molar-refractivity contribution in [2.24, 2.45) is 4.99 Å². The van der Waals surface area contributed by atoms with Gasteiger partial charge in [-0.3, -0.25) is 4.99 Å². The quantitative estimate of drug-likeness (QED) is 0.323. The summed E-state index contributed by atoms with van der Waals surface area (Å²) in [6.45, 7) is 5.42. The molecule has 1 aromatic carbocycles. The number of hydrogen-bond acceptors (Lipinski definition) is 3. The van der Waals surface area contributed by atoms with E-state index in [1.807, 2.05) is 25.2 Å². The molecule has 1 saturated heterocycles. The molecule has 130 valence electrons. The van der Waals surface area contributed by atoms with E-state index in [4.69, 9.17) is 16.3 Å². The van der Waals surface area contributed by atoms with Crippen molar-refractivity contribution in [1.29, 1.82) is 0 Å². The van der Waals surface area contributed by atoms with Crippen LogP contribution in [0.25, 0.3) is 0 Å². The molecule has 0 amide bonds. The van der Waals surface area contributed by atoms with Gasteiger partial charge >= 0.3 is 0 Å². The predicted octanol–water partition coefficient (Wildman–Crippen LogP) is 2.69. The molecule has 1 aromatic rings. The van der Waals surface area contributed by atoms with Crippen LogP contribution in [-0.4, -0.2) is 64.3 Å². The number of nitrogens with zero attached hydrogens (tertiary/aromatic N) is 3. The van der Waals surface area contributed by atoms with Crippen LogP contribution in [0.2, 0.25) is 5.02 Å². The molecular weight excluding hydrogens is 427 g/mol. The fourth-order valence-electron chi connectivity index (χ4n) is 2.62. The van der Waals surface area contributed by atoms with Crippen molar-refractivity contribution in [3.63, 3.8) is 0 Å².